The fourth-order valence-corrected chi connectivity index (χ4v) is 1.72. The van der Waals surface area contributed by atoms with Gasteiger partial charge in [0.25, 0.3) is 0 Å². The van der Waals surface area contributed by atoms with Crippen LogP contribution in [0.1, 0.15) is 28.3 Å². The molecule has 82 valence electrons. The molecular weight excluding hydrogens is 196 g/mol. The summed E-state index contributed by atoms with van der Waals surface area (Å²) in [4.78, 5) is 4.00. The second-order valence-corrected chi connectivity index (χ2v) is 4.10. The minimum Gasteiger partial charge on any atom is -0.320 e. The highest BCUT2D eigenvalue weighted by atomic mass is 14.7. The summed E-state index contributed by atoms with van der Waals surface area (Å²) in [5.41, 5.74) is 11.0. The third kappa shape index (κ3) is 2.12. The van der Waals surface area contributed by atoms with Gasteiger partial charge in [-0.05, 0) is 48.2 Å². The molecule has 1 unspecified atom stereocenters. The van der Waals surface area contributed by atoms with Gasteiger partial charge in [-0.2, -0.15) is 0 Å². The van der Waals surface area contributed by atoms with E-state index in [1.165, 1.54) is 11.1 Å². The molecule has 0 bridgehead atoms. The van der Waals surface area contributed by atoms with Gasteiger partial charge in [0.05, 0.1) is 6.04 Å². The van der Waals surface area contributed by atoms with Crippen molar-refractivity contribution in [3.8, 4) is 0 Å². The number of aromatic nitrogens is 1. The van der Waals surface area contributed by atoms with Gasteiger partial charge in [0, 0.05) is 12.4 Å². The van der Waals surface area contributed by atoms with E-state index < -0.39 is 0 Å². The van der Waals surface area contributed by atoms with Crippen LogP contribution < -0.4 is 5.73 Å². The zero-order valence-corrected chi connectivity index (χ0v) is 9.64. The number of nitrogens with zero attached hydrogens (tertiary/aromatic N) is 1. The number of pyridine rings is 1. The molecule has 2 nitrogen and oxygen atoms in total. The highest BCUT2D eigenvalue weighted by Crippen LogP contribution is 2.21. The largest absolute Gasteiger partial charge is 0.320 e. The van der Waals surface area contributed by atoms with Crippen LogP contribution in [0.25, 0.3) is 0 Å². The number of rotatable bonds is 2. The minimum atomic E-state index is -0.0673. The van der Waals surface area contributed by atoms with Crippen LogP contribution in [0.15, 0.2) is 42.7 Å². The summed E-state index contributed by atoms with van der Waals surface area (Å²) in [7, 11) is 0. The molecule has 0 radical (unpaired) electrons. The highest BCUT2D eigenvalue weighted by Gasteiger charge is 2.08. The Bertz CT molecular complexity index is 477. The Morgan fingerprint density at radius 2 is 1.62 bits per heavy atom. The van der Waals surface area contributed by atoms with Crippen LogP contribution in [-0.4, -0.2) is 4.98 Å². The molecule has 0 saturated heterocycles. The summed E-state index contributed by atoms with van der Waals surface area (Å²) < 4.78 is 0. The van der Waals surface area contributed by atoms with Crippen molar-refractivity contribution >= 4 is 0 Å². The van der Waals surface area contributed by atoms with E-state index in [0.29, 0.717) is 0 Å². The lowest BCUT2D eigenvalue weighted by Crippen LogP contribution is -2.12. The smallest absolute Gasteiger partial charge is 0.0552 e. The maximum Gasteiger partial charge on any atom is 0.0552 e. The molecule has 1 heterocycles. The first kappa shape index (κ1) is 10.8. The molecule has 2 rings (SSSR count). The molecule has 0 spiro atoms. The van der Waals surface area contributed by atoms with Crippen molar-refractivity contribution in [2.45, 2.75) is 19.9 Å². The average molecular weight is 212 g/mol. The minimum absolute atomic E-state index is 0.0673. The molecule has 0 aliphatic rings. The number of nitrogens with two attached hydrogens (primary N) is 1. The zero-order valence-electron chi connectivity index (χ0n) is 9.64. The molecule has 0 aliphatic carbocycles. The average Bonchev–Trinajstić information content (AvgIpc) is 2.33. The Morgan fingerprint density at radius 3 is 2.25 bits per heavy atom. The van der Waals surface area contributed by atoms with Crippen molar-refractivity contribution in [3.63, 3.8) is 0 Å². The lowest BCUT2D eigenvalue weighted by molar-refractivity contribution is 0.865. The third-order valence-electron chi connectivity index (χ3n) is 2.96. The van der Waals surface area contributed by atoms with Crippen LogP contribution in [0.4, 0.5) is 0 Å². The van der Waals surface area contributed by atoms with Crippen LogP contribution in [-0.2, 0) is 0 Å². The monoisotopic (exact) mass is 212 g/mol. The van der Waals surface area contributed by atoms with Crippen molar-refractivity contribution in [2.75, 3.05) is 0 Å². The maximum atomic E-state index is 6.21. The third-order valence-corrected chi connectivity index (χ3v) is 2.96. The van der Waals surface area contributed by atoms with Gasteiger partial charge in [-0.1, -0.05) is 18.2 Å². The lowest BCUT2D eigenvalue weighted by atomic mass is 9.97. The van der Waals surface area contributed by atoms with Gasteiger partial charge in [0.1, 0.15) is 0 Å². The standard InChI is InChI=1S/C14H16N2/c1-10-3-4-13(9-11(10)2)14(15)12-5-7-16-8-6-12/h3-9,14H,15H2,1-2H3. The van der Waals surface area contributed by atoms with E-state index in [2.05, 4.69) is 37.0 Å². The van der Waals surface area contributed by atoms with Crippen LogP contribution in [0.2, 0.25) is 0 Å². The van der Waals surface area contributed by atoms with E-state index >= 15 is 0 Å². The molecular formula is C14H16N2. The summed E-state index contributed by atoms with van der Waals surface area (Å²) in [6.07, 6.45) is 3.55. The second kappa shape index (κ2) is 4.45. The van der Waals surface area contributed by atoms with Gasteiger partial charge in [0.2, 0.25) is 0 Å². The molecule has 2 aromatic rings. The predicted molar refractivity (Wildman–Crippen MR) is 66.2 cm³/mol. The SMILES string of the molecule is Cc1ccc(C(N)c2ccncc2)cc1C. The summed E-state index contributed by atoms with van der Waals surface area (Å²) >= 11 is 0. The molecule has 16 heavy (non-hydrogen) atoms. The van der Waals surface area contributed by atoms with Gasteiger partial charge >= 0.3 is 0 Å². The summed E-state index contributed by atoms with van der Waals surface area (Å²) in [6.45, 7) is 4.22. The summed E-state index contributed by atoms with van der Waals surface area (Å²) in [6, 6.07) is 10.2. The van der Waals surface area contributed by atoms with E-state index in [-0.39, 0.29) is 6.04 Å². The van der Waals surface area contributed by atoms with Gasteiger partial charge < -0.3 is 5.73 Å². The van der Waals surface area contributed by atoms with Crippen molar-refractivity contribution in [1.29, 1.82) is 0 Å². The van der Waals surface area contributed by atoms with E-state index in [9.17, 15) is 0 Å². The molecule has 1 aromatic heterocycles. The normalized spacial score (nSPS) is 12.4. The van der Waals surface area contributed by atoms with Gasteiger partial charge in [-0.15, -0.1) is 0 Å². The molecule has 1 aromatic carbocycles. The lowest BCUT2D eigenvalue weighted by Gasteiger charge is -2.13. The first-order valence-electron chi connectivity index (χ1n) is 5.41. The number of hydrogen-bond acceptors (Lipinski definition) is 2. The Kier molecular flexibility index (Phi) is 3.02. The molecule has 0 amide bonds. The zero-order chi connectivity index (χ0) is 11.5. The Morgan fingerprint density at radius 1 is 0.938 bits per heavy atom. The van der Waals surface area contributed by atoms with Gasteiger partial charge in [-0.25, -0.2) is 0 Å². The highest BCUT2D eigenvalue weighted by molar-refractivity contribution is 5.36. The number of aryl methyl sites for hydroxylation is 2. The van der Waals surface area contributed by atoms with E-state index in [1.54, 1.807) is 12.4 Å². The first-order chi connectivity index (χ1) is 7.68. The van der Waals surface area contributed by atoms with Crippen molar-refractivity contribution in [3.05, 3.63) is 65.0 Å². The molecule has 2 heteroatoms. The van der Waals surface area contributed by atoms with Crippen LogP contribution in [0.3, 0.4) is 0 Å². The van der Waals surface area contributed by atoms with Gasteiger partial charge in [-0.3, -0.25) is 4.98 Å². The summed E-state index contributed by atoms with van der Waals surface area (Å²) in [5, 5.41) is 0. The topological polar surface area (TPSA) is 38.9 Å². The quantitative estimate of drug-likeness (QED) is 0.831. The van der Waals surface area contributed by atoms with Crippen LogP contribution in [0, 0.1) is 13.8 Å². The number of benzene rings is 1. The Hall–Kier alpha value is -1.67. The van der Waals surface area contributed by atoms with Crippen molar-refractivity contribution in [1.82, 2.24) is 4.98 Å². The van der Waals surface area contributed by atoms with Crippen molar-refractivity contribution in [2.24, 2.45) is 5.73 Å². The molecule has 0 saturated carbocycles. The molecule has 0 fully saturated rings. The summed E-state index contributed by atoms with van der Waals surface area (Å²) in [5.74, 6) is 0. The fourth-order valence-electron chi connectivity index (χ4n) is 1.72. The maximum absolute atomic E-state index is 6.21. The molecule has 1 atom stereocenters. The first-order valence-corrected chi connectivity index (χ1v) is 5.41. The molecule has 0 aliphatic heterocycles. The second-order valence-electron chi connectivity index (χ2n) is 4.10. The number of hydrogen-bond donors (Lipinski definition) is 1. The van der Waals surface area contributed by atoms with Gasteiger partial charge in [0.15, 0.2) is 0 Å². The molecule has 2 N–H and O–H groups in total. The predicted octanol–water partition coefficient (Wildman–Crippen LogP) is 2.75. The van der Waals surface area contributed by atoms with E-state index in [0.717, 1.165) is 11.1 Å². The Balaban J connectivity index is 2.34. The van der Waals surface area contributed by atoms with Crippen LogP contribution in [0.5, 0.6) is 0 Å². The van der Waals surface area contributed by atoms with Crippen molar-refractivity contribution < 1.29 is 0 Å². The Labute approximate surface area is 96.1 Å². The fraction of sp³-hybridized carbons (Fsp3) is 0.214. The van der Waals surface area contributed by atoms with E-state index in [4.69, 9.17) is 5.73 Å². The van der Waals surface area contributed by atoms with Crippen LogP contribution >= 0.6 is 0 Å². The van der Waals surface area contributed by atoms with E-state index in [1.807, 2.05) is 12.1 Å².